The summed E-state index contributed by atoms with van der Waals surface area (Å²) in [6.45, 7) is 5.47. The van der Waals surface area contributed by atoms with Crippen molar-refractivity contribution in [3.05, 3.63) is 86.2 Å². The van der Waals surface area contributed by atoms with Gasteiger partial charge in [0.25, 0.3) is 0 Å². The molecule has 1 aromatic heterocycles. The first-order valence-corrected chi connectivity index (χ1v) is 17.4. The number of nitrogens with zero attached hydrogens (tertiary/aromatic N) is 3. The van der Waals surface area contributed by atoms with E-state index in [1.165, 1.54) is 43.9 Å². The molecule has 17 heteroatoms. The quantitative estimate of drug-likeness (QED) is 0.0427. The standard InChI is InChI=1S/C32H33N3O11S2.Na/c1-19(36)20-4-6-21(7-5-20)34-29(40)33-13-12-24-28(35(33)30(34)41)23-9-8-22(18-25(23)46-32(24,2)3)45-31(42)44-15-17-48-47-16-14-43-27(39)11-10-26(37)38;/h4-9,12,18,28H,10-11,13-17H2,1-3H3,(H,37,38);/q;+1/p-1. The molecule has 3 aromatic rings. The minimum absolute atomic E-state index is 0. The molecule has 3 heterocycles. The van der Waals surface area contributed by atoms with E-state index in [1.54, 1.807) is 36.4 Å². The molecule has 2 aromatic carbocycles. The van der Waals surface area contributed by atoms with Gasteiger partial charge in [0.05, 0.1) is 18.7 Å². The molecule has 2 aliphatic rings. The number of carbonyl (C=O) groups excluding carboxylic acids is 4. The monoisotopic (exact) mass is 721 g/mol. The fourth-order valence-corrected chi connectivity index (χ4v) is 7.03. The van der Waals surface area contributed by atoms with Crippen LogP contribution in [0.1, 0.15) is 55.6 Å². The number of benzene rings is 2. The third kappa shape index (κ3) is 8.73. The fourth-order valence-electron chi connectivity index (χ4n) is 5.37. The molecule has 1 unspecified atom stereocenters. The number of ketones is 1. The summed E-state index contributed by atoms with van der Waals surface area (Å²) in [5.74, 6) is -0.616. The zero-order valence-electron chi connectivity index (χ0n) is 27.3. The molecular formula is C32H32N3NaO11S2. The van der Waals surface area contributed by atoms with E-state index in [-0.39, 0.29) is 73.7 Å². The van der Waals surface area contributed by atoms with Crippen LogP contribution in [0.4, 0.5) is 4.79 Å². The molecule has 0 bridgehead atoms. The minimum Gasteiger partial charge on any atom is -0.550 e. The molecule has 254 valence electrons. The van der Waals surface area contributed by atoms with Gasteiger partial charge >= 0.3 is 53.1 Å². The zero-order valence-corrected chi connectivity index (χ0v) is 30.9. The van der Waals surface area contributed by atoms with Crippen molar-refractivity contribution in [2.75, 3.05) is 24.7 Å². The van der Waals surface area contributed by atoms with Gasteiger partial charge in [0.2, 0.25) is 0 Å². The van der Waals surface area contributed by atoms with E-state index >= 15 is 0 Å². The van der Waals surface area contributed by atoms with Crippen molar-refractivity contribution in [1.29, 1.82) is 0 Å². The number of carbonyl (C=O) groups is 4. The Morgan fingerprint density at radius 1 is 0.959 bits per heavy atom. The number of aliphatic carboxylic acids is 1. The SMILES string of the molecule is CC(=O)c1ccc(-n2c(=O)n3n(c2=O)C2C(=CC3)C(C)(C)Oc3cc(OC(=O)OCCSSCCOC(=O)CCC(=O)[O-])ccc32)cc1.[Na+]. The van der Waals surface area contributed by atoms with E-state index in [0.29, 0.717) is 34.1 Å². The van der Waals surface area contributed by atoms with Crippen LogP contribution in [-0.2, 0) is 25.6 Å². The van der Waals surface area contributed by atoms with Gasteiger partial charge in [-0.3, -0.25) is 9.59 Å². The Hall–Kier alpha value is -3.70. The molecule has 0 saturated heterocycles. The van der Waals surface area contributed by atoms with Crippen LogP contribution in [0.3, 0.4) is 0 Å². The van der Waals surface area contributed by atoms with Gasteiger partial charge in [-0.2, -0.15) is 0 Å². The predicted molar refractivity (Wildman–Crippen MR) is 174 cm³/mol. The second-order valence-corrected chi connectivity index (χ2v) is 13.9. The molecule has 0 spiro atoms. The smallest absolute Gasteiger partial charge is 0.550 e. The van der Waals surface area contributed by atoms with E-state index in [2.05, 4.69) is 0 Å². The summed E-state index contributed by atoms with van der Waals surface area (Å²) in [6.07, 6.45) is 0.334. The van der Waals surface area contributed by atoms with Gasteiger partial charge in [0.1, 0.15) is 36.4 Å². The summed E-state index contributed by atoms with van der Waals surface area (Å²) in [4.78, 5) is 73.2. The number of hydrogen-bond donors (Lipinski definition) is 0. The third-order valence-corrected chi connectivity index (χ3v) is 9.92. The molecule has 0 fully saturated rings. The molecule has 2 aliphatic heterocycles. The largest absolute Gasteiger partial charge is 1.00 e. The first-order chi connectivity index (χ1) is 22.9. The summed E-state index contributed by atoms with van der Waals surface area (Å²) < 4.78 is 25.6. The predicted octanol–water partition coefficient (Wildman–Crippen LogP) is -0.322. The van der Waals surface area contributed by atoms with Crippen molar-refractivity contribution in [2.24, 2.45) is 0 Å². The van der Waals surface area contributed by atoms with Gasteiger partial charge < -0.3 is 28.8 Å². The number of allylic oxidation sites excluding steroid dienone is 1. The number of ether oxygens (including phenoxy) is 4. The first kappa shape index (κ1) is 38.1. The number of rotatable bonds is 13. The van der Waals surface area contributed by atoms with E-state index in [0.717, 1.165) is 10.1 Å². The average Bonchev–Trinajstić information content (AvgIpc) is 3.30. The van der Waals surface area contributed by atoms with Crippen molar-refractivity contribution in [2.45, 2.75) is 51.8 Å². The van der Waals surface area contributed by atoms with Crippen LogP contribution in [0.5, 0.6) is 11.5 Å². The molecular weight excluding hydrogens is 689 g/mol. The van der Waals surface area contributed by atoms with Crippen LogP contribution < -0.4 is 55.5 Å². The van der Waals surface area contributed by atoms with Crippen molar-refractivity contribution < 1.29 is 72.8 Å². The molecule has 0 N–H and O–H groups in total. The number of aromatic nitrogens is 3. The summed E-state index contributed by atoms with van der Waals surface area (Å²) in [5.41, 5.74) is 0.243. The van der Waals surface area contributed by atoms with Gasteiger partial charge in [0, 0.05) is 34.7 Å². The molecule has 0 radical (unpaired) electrons. The molecule has 49 heavy (non-hydrogen) atoms. The molecule has 0 aliphatic carbocycles. The normalized spacial score (nSPS) is 15.2. The Bertz CT molecular complexity index is 1900. The van der Waals surface area contributed by atoms with Crippen LogP contribution in [0.25, 0.3) is 5.69 Å². The van der Waals surface area contributed by atoms with Gasteiger partial charge in [-0.1, -0.05) is 27.7 Å². The topological polar surface area (TPSA) is 177 Å². The number of fused-ring (bicyclic) bond motifs is 5. The van der Waals surface area contributed by atoms with E-state index in [1.807, 2.05) is 19.9 Å². The van der Waals surface area contributed by atoms with E-state index < -0.39 is 41.1 Å². The van der Waals surface area contributed by atoms with Gasteiger partial charge in [-0.15, -0.1) is 0 Å². The number of esters is 1. The van der Waals surface area contributed by atoms with Crippen LogP contribution in [0.2, 0.25) is 0 Å². The maximum Gasteiger partial charge on any atom is 1.00 e. The van der Waals surface area contributed by atoms with Crippen LogP contribution >= 0.6 is 21.6 Å². The number of hydrogen-bond acceptors (Lipinski definition) is 13. The van der Waals surface area contributed by atoms with E-state index in [9.17, 15) is 33.9 Å². The molecule has 14 nitrogen and oxygen atoms in total. The van der Waals surface area contributed by atoms with Crippen molar-refractivity contribution >= 4 is 45.5 Å². The third-order valence-electron chi connectivity index (χ3n) is 7.59. The van der Waals surface area contributed by atoms with Gasteiger partial charge in [-0.05, 0) is 69.2 Å². The zero-order chi connectivity index (χ0) is 34.6. The second kappa shape index (κ2) is 16.3. The molecule has 0 amide bonds. The average molecular weight is 722 g/mol. The van der Waals surface area contributed by atoms with E-state index in [4.69, 9.17) is 18.9 Å². The number of carboxylic acids is 1. The van der Waals surface area contributed by atoms with Crippen LogP contribution in [-0.4, -0.2) is 68.1 Å². The Morgan fingerprint density at radius 3 is 2.29 bits per heavy atom. The Morgan fingerprint density at radius 2 is 1.63 bits per heavy atom. The maximum absolute atomic E-state index is 13.9. The molecule has 5 rings (SSSR count). The molecule has 0 saturated carbocycles. The Kier molecular flexibility index (Phi) is 12.7. The van der Waals surface area contributed by atoms with Crippen LogP contribution in [0, 0.1) is 0 Å². The summed E-state index contributed by atoms with van der Waals surface area (Å²) in [6, 6.07) is 10.4. The Labute approximate surface area is 310 Å². The van der Waals surface area contributed by atoms with Gasteiger partial charge in [0.15, 0.2) is 5.78 Å². The first-order valence-electron chi connectivity index (χ1n) is 14.9. The minimum atomic E-state index is -1.31. The molecule has 1 atom stereocenters. The Balaban J connectivity index is 0.00000541. The summed E-state index contributed by atoms with van der Waals surface area (Å²) >= 11 is 0. The van der Waals surface area contributed by atoms with Crippen molar-refractivity contribution in [3.8, 4) is 17.2 Å². The van der Waals surface area contributed by atoms with Gasteiger partial charge in [-0.25, -0.2) is 28.3 Å². The fraction of sp³-hybridized carbons (Fsp3) is 0.375. The summed E-state index contributed by atoms with van der Waals surface area (Å²) in [5, 5.41) is 10.4. The summed E-state index contributed by atoms with van der Waals surface area (Å²) in [7, 11) is 2.79. The maximum atomic E-state index is 13.9. The second-order valence-electron chi connectivity index (χ2n) is 11.2. The number of Topliss-reactive ketones (excluding diaryl/α,β-unsaturated/α-hetero) is 1. The van der Waals surface area contributed by atoms with Crippen molar-refractivity contribution in [1.82, 2.24) is 13.9 Å². The van der Waals surface area contributed by atoms with Crippen molar-refractivity contribution in [3.63, 3.8) is 0 Å². The number of carboxylic acid groups (broad SMARTS) is 1. The van der Waals surface area contributed by atoms with Crippen LogP contribution in [0.15, 0.2) is 63.7 Å².